The highest BCUT2D eigenvalue weighted by Gasteiger charge is 2.12. The lowest BCUT2D eigenvalue weighted by atomic mass is 10.1. The number of benzene rings is 1. The maximum atomic E-state index is 9.04. The molecule has 0 unspecified atom stereocenters. The number of hydrogen-bond donors (Lipinski definition) is 3. The molecule has 4 heterocycles. The number of nitrogens with zero attached hydrogens (tertiary/aromatic N) is 7. The van der Waals surface area contributed by atoms with Crippen LogP contribution in [0.4, 0.5) is 17.3 Å². The van der Waals surface area contributed by atoms with Gasteiger partial charge in [-0.2, -0.15) is 15.2 Å². The number of anilines is 3. The van der Waals surface area contributed by atoms with E-state index in [1.54, 1.807) is 23.3 Å². The fraction of sp³-hybridized carbons (Fsp3) is 0.333. The van der Waals surface area contributed by atoms with Gasteiger partial charge >= 0.3 is 0 Å². The third kappa shape index (κ3) is 4.35. The molecular weight excluding hydrogens is 394 g/mol. The van der Waals surface area contributed by atoms with Gasteiger partial charge in [0.25, 0.3) is 0 Å². The summed E-state index contributed by atoms with van der Waals surface area (Å²) in [4.78, 5) is 11.5. The number of fused-ring (bicyclic) bond motifs is 1. The predicted octanol–water partition coefficient (Wildman–Crippen LogP) is 1.22. The van der Waals surface area contributed by atoms with Crippen LogP contribution in [0, 0.1) is 0 Å². The maximum absolute atomic E-state index is 9.04. The Labute approximate surface area is 179 Å². The van der Waals surface area contributed by atoms with Gasteiger partial charge < -0.3 is 20.6 Å². The molecule has 1 aromatic carbocycles. The van der Waals surface area contributed by atoms with E-state index >= 15 is 0 Å². The Balaban J connectivity index is 1.36. The number of rotatable bonds is 7. The number of aliphatic hydroxyl groups excluding tert-OH is 1. The minimum absolute atomic E-state index is 0.0403. The Morgan fingerprint density at radius 1 is 1.10 bits per heavy atom. The van der Waals surface area contributed by atoms with Crippen LogP contribution in [0.1, 0.15) is 5.56 Å². The highest BCUT2D eigenvalue weighted by atomic mass is 16.3. The fourth-order valence-electron chi connectivity index (χ4n) is 3.77. The second-order valence-corrected chi connectivity index (χ2v) is 7.52. The Hall–Kier alpha value is -3.50. The van der Waals surface area contributed by atoms with Gasteiger partial charge in [-0.25, -0.2) is 9.67 Å². The van der Waals surface area contributed by atoms with E-state index in [0.717, 1.165) is 42.9 Å². The van der Waals surface area contributed by atoms with Gasteiger partial charge in [0.15, 0.2) is 5.65 Å². The molecule has 1 saturated heterocycles. The SMILES string of the molecule is OCCn1cc(Nc2ncc3cnn(Cc4cccc(N5CCNCC5)c4)c3n2)cn1. The van der Waals surface area contributed by atoms with Crippen molar-refractivity contribution in [1.29, 1.82) is 0 Å². The first kappa shape index (κ1) is 19.5. The Morgan fingerprint density at radius 3 is 2.87 bits per heavy atom. The van der Waals surface area contributed by atoms with Gasteiger partial charge in [-0.3, -0.25) is 4.68 Å². The summed E-state index contributed by atoms with van der Waals surface area (Å²) in [6.45, 7) is 5.18. The zero-order chi connectivity index (χ0) is 21.0. The summed E-state index contributed by atoms with van der Waals surface area (Å²) in [5.74, 6) is 0.479. The highest BCUT2D eigenvalue weighted by molar-refractivity contribution is 5.75. The average molecular weight is 419 g/mol. The first-order valence-electron chi connectivity index (χ1n) is 10.4. The molecule has 160 valence electrons. The normalized spacial score (nSPS) is 14.3. The summed E-state index contributed by atoms with van der Waals surface area (Å²) in [6, 6.07) is 8.62. The lowest BCUT2D eigenvalue weighted by Crippen LogP contribution is -2.43. The maximum Gasteiger partial charge on any atom is 0.229 e. The van der Waals surface area contributed by atoms with Crippen molar-refractivity contribution in [3.63, 3.8) is 0 Å². The summed E-state index contributed by atoms with van der Waals surface area (Å²) >= 11 is 0. The van der Waals surface area contributed by atoms with Gasteiger partial charge in [-0.1, -0.05) is 12.1 Å². The smallest absolute Gasteiger partial charge is 0.229 e. The van der Waals surface area contributed by atoms with Crippen LogP contribution < -0.4 is 15.5 Å². The van der Waals surface area contributed by atoms with Crippen molar-refractivity contribution >= 4 is 28.4 Å². The number of nitrogens with one attached hydrogen (secondary N) is 2. The molecule has 10 nitrogen and oxygen atoms in total. The first-order valence-corrected chi connectivity index (χ1v) is 10.4. The van der Waals surface area contributed by atoms with Gasteiger partial charge in [-0.05, 0) is 17.7 Å². The van der Waals surface area contributed by atoms with E-state index in [2.05, 4.69) is 60.0 Å². The second-order valence-electron chi connectivity index (χ2n) is 7.52. The van der Waals surface area contributed by atoms with E-state index in [0.29, 0.717) is 19.0 Å². The van der Waals surface area contributed by atoms with Crippen LogP contribution in [-0.2, 0) is 13.1 Å². The molecule has 0 radical (unpaired) electrons. The van der Waals surface area contributed by atoms with Crippen molar-refractivity contribution in [3.05, 3.63) is 54.6 Å². The van der Waals surface area contributed by atoms with Gasteiger partial charge in [-0.15, -0.1) is 0 Å². The van der Waals surface area contributed by atoms with Gasteiger partial charge in [0.05, 0.1) is 43.2 Å². The van der Waals surface area contributed by atoms with Crippen LogP contribution in [0.15, 0.2) is 49.1 Å². The molecule has 31 heavy (non-hydrogen) atoms. The van der Waals surface area contributed by atoms with Gasteiger partial charge in [0.2, 0.25) is 5.95 Å². The zero-order valence-corrected chi connectivity index (χ0v) is 17.1. The molecule has 0 spiro atoms. The summed E-state index contributed by atoms with van der Waals surface area (Å²) in [5.41, 5.74) is 3.96. The predicted molar refractivity (Wildman–Crippen MR) is 119 cm³/mol. The molecule has 3 N–H and O–H groups in total. The van der Waals surface area contributed by atoms with E-state index in [1.807, 2.05) is 10.9 Å². The molecular formula is C21H25N9O. The minimum Gasteiger partial charge on any atom is -0.394 e. The van der Waals surface area contributed by atoms with Crippen molar-refractivity contribution in [3.8, 4) is 0 Å². The molecule has 0 amide bonds. The lowest BCUT2D eigenvalue weighted by Gasteiger charge is -2.29. The Bertz CT molecular complexity index is 1160. The molecule has 10 heteroatoms. The van der Waals surface area contributed by atoms with E-state index in [9.17, 15) is 0 Å². The first-order chi connectivity index (χ1) is 15.3. The fourth-order valence-corrected chi connectivity index (χ4v) is 3.77. The van der Waals surface area contributed by atoms with E-state index in [-0.39, 0.29) is 6.61 Å². The third-order valence-corrected chi connectivity index (χ3v) is 5.32. The van der Waals surface area contributed by atoms with Gasteiger partial charge in [0.1, 0.15) is 0 Å². The zero-order valence-electron chi connectivity index (χ0n) is 17.1. The van der Waals surface area contributed by atoms with Crippen LogP contribution >= 0.6 is 0 Å². The van der Waals surface area contributed by atoms with Crippen LogP contribution in [0.25, 0.3) is 11.0 Å². The van der Waals surface area contributed by atoms with Crippen LogP contribution in [0.5, 0.6) is 0 Å². The molecule has 0 bridgehead atoms. The summed E-state index contributed by atoms with van der Waals surface area (Å²) in [7, 11) is 0. The molecule has 1 aliphatic heterocycles. The molecule has 3 aromatic heterocycles. The number of aliphatic hydroxyl groups is 1. The van der Waals surface area contributed by atoms with E-state index in [1.165, 1.54) is 11.3 Å². The Kier molecular flexibility index (Phi) is 5.46. The quantitative estimate of drug-likeness (QED) is 0.410. The van der Waals surface area contributed by atoms with Crippen LogP contribution in [0.2, 0.25) is 0 Å². The molecule has 5 rings (SSSR count). The molecule has 4 aromatic rings. The molecule has 0 aliphatic carbocycles. The lowest BCUT2D eigenvalue weighted by molar-refractivity contribution is 0.269. The third-order valence-electron chi connectivity index (χ3n) is 5.32. The summed E-state index contributed by atoms with van der Waals surface area (Å²) < 4.78 is 3.56. The van der Waals surface area contributed by atoms with Crippen LogP contribution in [0.3, 0.4) is 0 Å². The van der Waals surface area contributed by atoms with E-state index < -0.39 is 0 Å². The highest BCUT2D eigenvalue weighted by Crippen LogP contribution is 2.20. The number of aromatic nitrogens is 6. The number of piperazine rings is 1. The minimum atomic E-state index is 0.0403. The largest absolute Gasteiger partial charge is 0.394 e. The van der Waals surface area contributed by atoms with Crippen molar-refractivity contribution in [2.24, 2.45) is 0 Å². The van der Waals surface area contributed by atoms with Crippen LogP contribution in [-0.4, -0.2) is 67.4 Å². The second kappa shape index (κ2) is 8.70. The standard InChI is InChI=1S/C21H25N9O/c31-9-8-29-15-18(13-24-29)26-21-23-11-17-12-25-30(20(17)27-21)14-16-2-1-3-19(10-16)28-6-4-22-5-7-28/h1-3,10-13,15,22,31H,4-9,14H2,(H,23,26,27). The topological polar surface area (TPSA) is 109 Å². The van der Waals surface area contributed by atoms with Crippen molar-refractivity contribution in [1.82, 2.24) is 34.8 Å². The summed E-state index contributed by atoms with van der Waals surface area (Å²) in [6.07, 6.45) is 7.05. The molecule has 1 aliphatic rings. The molecule has 0 saturated carbocycles. The van der Waals surface area contributed by atoms with Gasteiger partial charge in [0, 0.05) is 44.3 Å². The molecule has 0 atom stereocenters. The van der Waals surface area contributed by atoms with E-state index in [4.69, 9.17) is 5.11 Å². The van der Waals surface area contributed by atoms with Crippen molar-refractivity contribution in [2.75, 3.05) is 43.0 Å². The molecule has 1 fully saturated rings. The van der Waals surface area contributed by atoms with Crippen molar-refractivity contribution in [2.45, 2.75) is 13.1 Å². The summed E-state index contributed by atoms with van der Waals surface area (Å²) in [5, 5.41) is 25.2. The number of hydrogen-bond acceptors (Lipinski definition) is 8. The Morgan fingerprint density at radius 2 is 2.00 bits per heavy atom. The van der Waals surface area contributed by atoms with Crippen molar-refractivity contribution < 1.29 is 5.11 Å². The average Bonchev–Trinajstić information content (AvgIpc) is 3.42. The monoisotopic (exact) mass is 419 g/mol.